The molecule has 2 aromatic carbocycles. The Bertz CT molecular complexity index is 631. The molecule has 0 amide bonds. The van der Waals surface area contributed by atoms with Gasteiger partial charge in [-0.1, -0.05) is 29.8 Å². The van der Waals surface area contributed by atoms with Crippen molar-refractivity contribution in [2.24, 2.45) is 0 Å². The van der Waals surface area contributed by atoms with Gasteiger partial charge in [0.25, 0.3) is 0 Å². The highest BCUT2D eigenvalue weighted by atomic mass is 127. The molecule has 0 heterocycles. The van der Waals surface area contributed by atoms with E-state index in [1.807, 2.05) is 25.1 Å². The van der Waals surface area contributed by atoms with E-state index in [1.165, 1.54) is 6.07 Å². The second kappa shape index (κ2) is 6.29. The lowest BCUT2D eigenvalue weighted by Crippen LogP contribution is -2.01. The molecule has 0 spiro atoms. The molecule has 0 saturated heterocycles. The molecule has 2 rings (SSSR count). The summed E-state index contributed by atoms with van der Waals surface area (Å²) in [6.45, 7) is 2.00. The minimum atomic E-state index is -0.558. The van der Waals surface area contributed by atoms with Crippen LogP contribution in [0.5, 0.6) is 0 Å². The minimum absolute atomic E-state index is 0.367. The monoisotopic (exact) mass is 472 g/mol. The van der Waals surface area contributed by atoms with Crippen LogP contribution in [-0.4, -0.2) is 0 Å². The van der Waals surface area contributed by atoms with Crippen molar-refractivity contribution in [1.29, 1.82) is 0 Å². The van der Waals surface area contributed by atoms with Crippen molar-refractivity contribution in [3.8, 4) is 0 Å². The largest absolute Gasteiger partial charge is 0.207 e. The minimum Gasteiger partial charge on any atom is -0.207 e. The molecule has 0 radical (unpaired) electrons. The fourth-order valence-corrected chi connectivity index (χ4v) is 3.46. The van der Waals surface area contributed by atoms with E-state index in [0.29, 0.717) is 15.1 Å². The molecular formula is C14H9BrCl2FI. The molecule has 0 fully saturated rings. The number of benzene rings is 2. The lowest BCUT2D eigenvalue weighted by atomic mass is 10.0. The van der Waals surface area contributed by atoms with Crippen LogP contribution < -0.4 is 0 Å². The topological polar surface area (TPSA) is 0 Å². The highest BCUT2D eigenvalue weighted by molar-refractivity contribution is 14.1. The van der Waals surface area contributed by atoms with Crippen molar-refractivity contribution in [3.63, 3.8) is 0 Å². The van der Waals surface area contributed by atoms with Gasteiger partial charge < -0.3 is 0 Å². The maximum atomic E-state index is 14.0. The highest BCUT2D eigenvalue weighted by Gasteiger charge is 2.19. The van der Waals surface area contributed by atoms with E-state index in [2.05, 4.69) is 38.5 Å². The van der Waals surface area contributed by atoms with E-state index < -0.39 is 5.38 Å². The first kappa shape index (κ1) is 15.5. The van der Waals surface area contributed by atoms with Gasteiger partial charge >= 0.3 is 0 Å². The Hall–Kier alpha value is 0.160. The van der Waals surface area contributed by atoms with Gasteiger partial charge in [-0.3, -0.25) is 0 Å². The van der Waals surface area contributed by atoms with Crippen LogP contribution in [0.25, 0.3) is 0 Å². The molecular weight excluding hydrogens is 465 g/mol. The van der Waals surface area contributed by atoms with Crippen molar-refractivity contribution in [2.75, 3.05) is 0 Å². The first-order chi connectivity index (χ1) is 8.91. The zero-order chi connectivity index (χ0) is 14.2. The Labute approximate surface area is 143 Å². The summed E-state index contributed by atoms with van der Waals surface area (Å²) >= 11 is 17.9. The van der Waals surface area contributed by atoms with Gasteiger partial charge in [-0.15, -0.1) is 11.6 Å². The molecule has 0 bridgehead atoms. The summed E-state index contributed by atoms with van der Waals surface area (Å²) in [5, 5.41) is -0.109. The summed E-state index contributed by atoms with van der Waals surface area (Å²) in [5.41, 5.74) is 2.39. The Morgan fingerprint density at radius 3 is 2.63 bits per heavy atom. The standard InChI is InChI=1S/C14H9BrCl2FI/c1-7-3-2-4-8(14(7)19)13(17)9-5-11(16)10(15)6-12(9)18/h2-6,13H,1H3. The van der Waals surface area contributed by atoms with Crippen molar-refractivity contribution in [1.82, 2.24) is 0 Å². The van der Waals surface area contributed by atoms with Gasteiger partial charge in [0.1, 0.15) is 5.82 Å². The van der Waals surface area contributed by atoms with E-state index in [4.69, 9.17) is 23.2 Å². The molecule has 0 aliphatic carbocycles. The SMILES string of the molecule is Cc1cccc(C(Cl)c2cc(Cl)c(Br)cc2F)c1I. The van der Waals surface area contributed by atoms with E-state index in [-0.39, 0.29) is 5.82 Å². The summed E-state index contributed by atoms with van der Waals surface area (Å²) in [4.78, 5) is 0. The molecule has 0 N–H and O–H groups in total. The van der Waals surface area contributed by atoms with Crippen LogP contribution in [0.15, 0.2) is 34.8 Å². The van der Waals surface area contributed by atoms with Gasteiger partial charge in [-0.2, -0.15) is 0 Å². The average Bonchev–Trinajstić information content (AvgIpc) is 2.36. The maximum Gasteiger partial charge on any atom is 0.129 e. The van der Waals surface area contributed by atoms with Crippen LogP contribution in [-0.2, 0) is 0 Å². The van der Waals surface area contributed by atoms with Crippen LogP contribution in [0.3, 0.4) is 0 Å². The van der Waals surface area contributed by atoms with Crippen LogP contribution in [0.2, 0.25) is 5.02 Å². The van der Waals surface area contributed by atoms with E-state index in [1.54, 1.807) is 6.07 Å². The molecule has 0 aliphatic heterocycles. The summed E-state index contributed by atoms with van der Waals surface area (Å²) < 4.78 is 15.6. The number of alkyl halides is 1. The Balaban J connectivity index is 2.53. The maximum absolute atomic E-state index is 14.0. The van der Waals surface area contributed by atoms with Gasteiger partial charge in [0.2, 0.25) is 0 Å². The van der Waals surface area contributed by atoms with Gasteiger partial charge in [0.15, 0.2) is 0 Å². The van der Waals surface area contributed by atoms with Crippen molar-refractivity contribution < 1.29 is 4.39 Å². The average molecular weight is 474 g/mol. The third-order valence-electron chi connectivity index (χ3n) is 2.81. The Morgan fingerprint density at radius 2 is 1.95 bits per heavy atom. The summed E-state index contributed by atoms with van der Waals surface area (Å²) in [7, 11) is 0. The summed E-state index contributed by atoms with van der Waals surface area (Å²) in [5.74, 6) is -0.367. The third-order valence-corrected chi connectivity index (χ3v) is 5.95. The molecule has 0 saturated carbocycles. The number of halogens is 5. The lowest BCUT2D eigenvalue weighted by molar-refractivity contribution is 0.611. The quantitative estimate of drug-likeness (QED) is 0.266. The number of rotatable bonds is 2. The predicted octanol–water partition coefficient (Wildman–Crippen LogP) is 6.48. The van der Waals surface area contributed by atoms with E-state index in [0.717, 1.165) is 14.7 Å². The van der Waals surface area contributed by atoms with E-state index >= 15 is 0 Å². The van der Waals surface area contributed by atoms with E-state index in [9.17, 15) is 4.39 Å². The molecule has 5 heteroatoms. The van der Waals surface area contributed by atoms with Crippen molar-refractivity contribution in [3.05, 3.63) is 65.9 Å². The van der Waals surface area contributed by atoms with Crippen molar-refractivity contribution in [2.45, 2.75) is 12.3 Å². The van der Waals surface area contributed by atoms with Crippen molar-refractivity contribution >= 4 is 61.7 Å². The lowest BCUT2D eigenvalue weighted by Gasteiger charge is -2.15. The fourth-order valence-electron chi connectivity index (χ4n) is 1.77. The fraction of sp³-hybridized carbons (Fsp3) is 0.143. The first-order valence-corrected chi connectivity index (χ1v) is 8.14. The van der Waals surface area contributed by atoms with Gasteiger partial charge in [0.05, 0.1) is 10.4 Å². The molecule has 19 heavy (non-hydrogen) atoms. The molecule has 1 atom stereocenters. The highest BCUT2D eigenvalue weighted by Crippen LogP contribution is 2.37. The van der Waals surface area contributed by atoms with Gasteiger partial charge in [0, 0.05) is 13.6 Å². The van der Waals surface area contributed by atoms with Gasteiger partial charge in [-0.05, 0) is 68.7 Å². The second-order valence-corrected chi connectivity index (χ2v) is 6.91. The van der Waals surface area contributed by atoms with Crippen LogP contribution in [0.4, 0.5) is 4.39 Å². The smallest absolute Gasteiger partial charge is 0.129 e. The zero-order valence-corrected chi connectivity index (χ0v) is 15.1. The molecule has 0 nitrogen and oxygen atoms in total. The molecule has 0 aliphatic rings. The summed E-state index contributed by atoms with van der Waals surface area (Å²) in [6, 6.07) is 8.73. The van der Waals surface area contributed by atoms with Crippen LogP contribution in [0, 0.1) is 16.3 Å². The molecule has 1 unspecified atom stereocenters. The number of hydrogen-bond donors (Lipinski definition) is 0. The number of aryl methyl sites for hydroxylation is 1. The first-order valence-electron chi connectivity index (χ1n) is 5.45. The third kappa shape index (κ3) is 3.26. The van der Waals surface area contributed by atoms with Crippen LogP contribution >= 0.6 is 61.7 Å². The summed E-state index contributed by atoms with van der Waals surface area (Å²) in [6.07, 6.45) is 0. The Kier molecular flexibility index (Phi) is 5.15. The molecule has 100 valence electrons. The zero-order valence-electron chi connectivity index (χ0n) is 9.85. The Morgan fingerprint density at radius 1 is 1.26 bits per heavy atom. The number of hydrogen-bond acceptors (Lipinski definition) is 0. The molecule has 2 aromatic rings. The molecule has 0 aromatic heterocycles. The van der Waals surface area contributed by atoms with Gasteiger partial charge in [-0.25, -0.2) is 4.39 Å². The normalized spacial score (nSPS) is 12.5. The predicted molar refractivity (Wildman–Crippen MR) is 90.7 cm³/mol. The second-order valence-electron chi connectivity index (χ2n) is 4.13. The van der Waals surface area contributed by atoms with Crippen LogP contribution in [0.1, 0.15) is 22.1 Å².